The van der Waals surface area contributed by atoms with Crippen LogP contribution in [0.1, 0.15) is 74.6 Å². The SMILES string of the molecule is CCOC(=O)C=C1CCCCc2ccccc21.CCOC(=O)CC1=CCCCc2ccccc21. The Bertz CT molecular complexity index is 1030. The van der Waals surface area contributed by atoms with Crippen molar-refractivity contribution >= 4 is 23.1 Å². The van der Waals surface area contributed by atoms with Gasteiger partial charge in [-0.3, -0.25) is 4.79 Å². The zero-order valence-electron chi connectivity index (χ0n) is 20.5. The van der Waals surface area contributed by atoms with Crippen LogP contribution >= 0.6 is 0 Å². The van der Waals surface area contributed by atoms with Crippen LogP contribution in [0.5, 0.6) is 0 Å². The summed E-state index contributed by atoms with van der Waals surface area (Å²) < 4.78 is 10.0. The average Bonchev–Trinajstić information content (AvgIpc) is 3.17. The van der Waals surface area contributed by atoms with Gasteiger partial charge in [-0.15, -0.1) is 0 Å². The molecule has 0 spiro atoms. The minimum atomic E-state index is -0.223. The van der Waals surface area contributed by atoms with Crippen LogP contribution in [0.4, 0.5) is 0 Å². The number of rotatable bonds is 5. The number of carbonyl (C=O) groups is 2. The maximum atomic E-state index is 11.6. The number of fused-ring (bicyclic) bond motifs is 2. The van der Waals surface area contributed by atoms with E-state index < -0.39 is 0 Å². The molecule has 0 unspecified atom stereocenters. The van der Waals surface area contributed by atoms with Gasteiger partial charge in [0.25, 0.3) is 0 Å². The zero-order chi connectivity index (χ0) is 24.2. The molecule has 2 aliphatic carbocycles. The Morgan fingerprint density at radius 1 is 0.794 bits per heavy atom. The first-order valence-electron chi connectivity index (χ1n) is 12.5. The van der Waals surface area contributed by atoms with E-state index in [4.69, 9.17) is 9.47 Å². The van der Waals surface area contributed by atoms with Gasteiger partial charge in [0.15, 0.2) is 0 Å². The Morgan fingerprint density at radius 3 is 2.15 bits per heavy atom. The van der Waals surface area contributed by atoms with Crippen LogP contribution < -0.4 is 0 Å². The normalized spacial score (nSPS) is 15.9. The van der Waals surface area contributed by atoms with Gasteiger partial charge in [0.05, 0.1) is 19.6 Å². The molecule has 2 aromatic rings. The second-order valence-electron chi connectivity index (χ2n) is 8.55. The van der Waals surface area contributed by atoms with E-state index in [1.54, 1.807) is 6.08 Å². The number of carbonyl (C=O) groups excluding carboxylic acids is 2. The minimum Gasteiger partial charge on any atom is -0.466 e. The third-order valence-electron chi connectivity index (χ3n) is 6.13. The summed E-state index contributed by atoms with van der Waals surface area (Å²) in [6.45, 7) is 4.56. The van der Waals surface area contributed by atoms with Crippen molar-refractivity contribution in [1.29, 1.82) is 0 Å². The number of esters is 2. The van der Waals surface area contributed by atoms with E-state index in [1.807, 2.05) is 26.0 Å². The van der Waals surface area contributed by atoms with Crippen LogP contribution in [-0.4, -0.2) is 25.2 Å². The highest BCUT2D eigenvalue weighted by atomic mass is 16.5. The quantitative estimate of drug-likeness (QED) is 0.282. The van der Waals surface area contributed by atoms with Crippen LogP contribution in [0.3, 0.4) is 0 Å². The van der Waals surface area contributed by atoms with Gasteiger partial charge in [-0.1, -0.05) is 54.6 Å². The maximum Gasteiger partial charge on any atom is 0.331 e. The molecule has 2 aromatic carbocycles. The van der Waals surface area contributed by atoms with E-state index in [9.17, 15) is 9.59 Å². The first kappa shape index (κ1) is 25.5. The molecule has 4 nitrogen and oxygen atoms in total. The molecule has 0 saturated carbocycles. The molecule has 34 heavy (non-hydrogen) atoms. The standard InChI is InChI=1S/2C15H18O2/c2*1-2-17-15(16)11-13-9-4-3-7-12-8-5-6-10-14(12)13/h5-6,8,10-11H,2-4,7,9H2,1H3;5-6,8-10H,2-4,7,11H2,1H3. The number of hydrogen-bond donors (Lipinski definition) is 0. The summed E-state index contributed by atoms with van der Waals surface area (Å²) in [7, 11) is 0. The first-order chi connectivity index (χ1) is 16.6. The molecule has 0 aliphatic heterocycles. The second-order valence-corrected chi connectivity index (χ2v) is 8.55. The van der Waals surface area contributed by atoms with E-state index in [0.717, 1.165) is 49.7 Å². The molecule has 0 N–H and O–H groups in total. The van der Waals surface area contributed by atoms with E-state index in [0.29, 0.717) is 19.6 Å². The Morgan fingerprint density at radius 2 is 1.41 bits per heavy atom. The fourth-order valence-corrected chi connectivity index (χ4v) is 4.56. The van der Waals surface area contributed by atoms with Crippen LogP contribution in [0.2, 0.25) is 0 Å². The molecular weight excluding hydrogens is 424 g/mol. The van der Waals surface area contributed by atoms with Crippen molar-refractivity contribution in [3.8, 4) is 0 Å². The van der Waals surface area contributed by atoms with E-state index in [-0.39, 0.29) is 11.9 Å². The van der Waals surface area contributed by atoms with Gasteiger partial charge in [-0.05, 0) is 92.2 Å². The van der Waals surface area contributed by atoms with Crippen LogP contribution in [0.25, 0.3) is 11.1 Å². The molecule has 4 rings (SSSR count). The van der Waals surface area contributed by atoms with Crippen molar-refractivity contribution < 1.29 is 19.1 Å². The second kappa shape index (κ2) is 13.5. The number of benzene rings is 2. The Hall–Kier alpha value is -3.14. The van der Waals surface area contributed by atoms with Gasteiger partial charge in [-0.2, -0.15) is 0 Å². The Balaban J connectivity index is 0.000000191. The highest BCUT2D eigenvalue weighted by molar-refractivity contribution is 5.92. The van der Waals surface area contributed by atoms with E-state index in [1.165, 1.54) is 28.7 Å². The van der Waals surface area contributed by atoms with Crippen molar-refractivity contribution in [3.63, 3.8) is 0 Å². The van der Waals surface area contributed by atoms with Crippen LogP contribution in [-0.2, 0) is 31.9 Å². The fourth-order valence-electron chi connectivity index (χ4n) is 4.56. The van der Waals surface area contributed by atoms with E-state index in [2.05, 4.69) is 42.5 Å². The lowest BCUT2D eigenvalue weighted by molar-refractivity contribution is -0.142. The lowest BCUT2D eigenvalue weighted by Crippen LogP contribution is -2.05. The predicted molar refractivity (Wildman–Crippen MR) is 137 cm³/mol. The van der Waals surface area contributed by atoms with Gasteiger partial charge in [-0.25, -0.2) is 4.79 Å². The Kier molecular flexibility index (Phi) is 10.1. The van der Waals surface area contributed by atoms with Crippen molar-refractivity contribution in [2.75, 3.05) is 13.2 Å². The Labute approximate surface area is 203 Å². The third kappa shape index (κ3) is 7.44. The number of ether oxygens (including phenoxy) is 2. The molecule has 180 valence electrons. The van der Waals surface area contributed by atoms with Crippen molar-refractivity contribution in [1.82, 2.24) is 0 Å². The van der Waals surface area contributed by atoms with Gasteiger partial charge >= 0.3 is 11.9 Å². The first-order valence-corrected chi connectivity index (χ1v) is 12.5. The average molecular weight is 461 g/mol. The van der Waals surface area contributed by atoms with Crippen molar-refractivity contribution in [2.24, 2.45) is 0 Å². The topological polar surface area (TPSA) is 52.6 Å². The highest BCUT2D eigenvalue weighted by Gasteiger charge is 2.15. The summed E-state index contributed by atoms with van der Waals surface area (Å²) in [5.41, 5.74) is 7.38. The lowest BCUT2D eigenvalue weighted by Gasteiger charge is -2.10. The predicted octanol–water partition coefficient (Wildman–Crippen LogP) is 6.72. The summed E-state index contributed by atoms with van der Waals surface area (Å²) in [4.78, 5) is 23.1. The van der Waals surface area contributed by atoms with Gasteiger partial charge < -0.3 is 9.47 Å². The summed E-state index contributed by atoms with van der Waals surface area (Å²) in [5.74, 6) is -0.352. The highest BCUT2D eigenvalue weighted by Crippen LogP contribution is 2.30. The fraction of sp³-hybridized carbons (Fsp3) is 0.400. The third-order valence-corrected chi connectivity index (χ3v) is 6.13. The molecule has 0 atom stereocenters. The van der Waals surface area contributed by atoms with Gasteiger partial charge in [0.1, 0.15) is 0 Å². The summed E-state index contributed by atoms with van der Waals surface area (Å²) in [6, 6.07) is 16.7. The van der Waals surface area contributed by atoms with Crippen LogP contribution in [0, 0.1) is 0 Å². The van der Waals surface area contributed by atoms with Crippen LogP contribution in [0.15, 0.2) is 60.7 Å². The minimum absolute atomic E-state index is 0.129. The summed E-state index contributed by atoms with van der Waals surface area (Å²) in [5, 5.41) is 0. The summed E-state index contributed by atoms with van der Waals surface area (Å²) in [6.07, 6.45) is 11.9. The molecule has 0 saturated heterocycles. The maximum absolute atomic E-state index is 11.6. The zero-order valence-corrected chi connectivity index (χ0v) is 20.5. The van der Waals surface area contributed by atoms with E-state index >= 15 is 0 Å². The number of aryl methyl sites for hydroxylation is 2. The molecule has 0 radical (unpaired) electrons. The number of hydrogen-bond acceptors (Lipinski definition) is 4. The monoisotopic (exact) mass is 460 g/mol. The molecule has 0 amide bonds. The van der Waals surface area contributed by atoms with Crippen molar-refractivity contribution in [3.05, 3.63) is 82.9 Å². The largest absolute Gasteiger partial charge is 0.466 e. The lowest BCUT2D eigenvalue weighted by atomic mass is 9.97. The molecule has 2 aliphatic rings. The molecular formula is C30H36O4. The van der Waals surface area contributed by atoms with Crippen molar-refractivity contribution in [2.45, 2.75) is 65.2 Å². The van der Waals surface area contributed by atoms with Gasteiger partial charge in [0.2, 0.25) is 0 Å². The molecule has 4 heteroatoms. The smallest absolute Gasteiger partial charge is 0.331 e. The number of allylic oxidation sites excluding steroid dienone is 2. The molecule has 0 heterocycles. The van der Waals surface area contributed by atoms with Gasteiger partial charge in [0, 0.05) is 6.08 Å². The summed E-state index contributed by atoms with van der Waals surface area (Å²) >= 11 is 0. The molecule has 0 aromatic heterocycles. The molecule has 0 bridgehead atoms. The molecule has 0 fully saturated rings.